The number of amides is 2. The fourth-order valence-electron chi connectivity index (χ4n) is 2.01. The van der Waals surface area contributed by atoms with Crippen LogP contribution in [0.1, 0.15) is 36.3 Å². The van der Waals surface area contributed by atoms with Gasteiger partial charge in [-0.3, -0.25) is 9.59 Å². The normalized spacial score (nSPS) is 10.3. The lowest BCUT2D eigenvalue weighted by atomic mass is 10.2. The first-order valence-electron chi connectivity index (χ1n) is 7.23. The molecule has 0 fully saturated rings. The molecule has 0 saturated heterocycles. The molecule has 2 aromatic rings. The zero-order valence-electron chi connectivity index (χ0n) is 13.0. The molecule has 0 aliphatic rings. The Morgan fingerprint density at radius 3 is 2.50 bits per heavy atom. The van der Waals surface area contributed by atoms with Crippen molar-refractivity contribution >= 4 is 17.5 Å². The van der Waals surface area contributed by atoms with Crippen molar-refractivity contribution in [2.75, 3.05) is 11.9 Å². The Labute approximate surface area is 129 Å². The van der Waals surface area contributed by atoms with Crippen LogP contribution in [0.25, 0.3) is 5.69 Å². The third kappa shape index (κ3) is 3.72. The van der Waals surface area contributed by atoms with Crippen LogP contribution in [0.5, 0.6) is 0 Å². The van der Waals surface area contributed by atoms with Gasteiger partial charge in [0.25, 0.3) is 5.91 Å². The highest BCUT2D eigenvalue weighted by Crippen LogP contribution is 2.17. The van der Waals surface area contributed by atoms with E-state index in [1.165, 1.54) is 6.92 Å². The van der Waals surface area contributed by atoms with Crippen molar-refractivity contribution in [3.05, 3.63) is 41.7 Å². The van der Waals surface area contributed by atoms with E-state index in [2.05, 4.69) is 15.7 Å². The fourth-order valence-corrected chi connectivity index (χ4v) is 2.01. The predicted octanol–water partition coefficient (Wildman–Crippen LogP) is 2.28. The van der Waals surface area contributed by atoms with Crippen LogP contribution in [-0.2, 0) is 4.79 Å². The minimum absolute atomic E-state index is 0.0796. The van der Waals surface area contributed by atoms with E-state index in [1.54, 1.807) is 23.0 Å². The average molecular weight is 300 g/mol. The van der Waals surface area contributed by atoms with E-state index >= 15 is 0 Å². The molecular formula is C16H20N4O2. The van der Waals surface area contributed by atoms with Crippen LogP contribution in [0.4, 0.5) is 5.69 Å². The van der Waals surface area contributed by atoms with Crippen molar-refractivity contribution in [3.8, 4) is 5.69 Å². The van der Waals surface area contributed by atoms with Gasteiger partial charge in [-0.25, -0.2) is 4.68 Å². The second kappa shape index (κ2) is 6.89. The van der Waals surface area contributed by atoms with E-state index in [4.69, 9.17) is 0 Å². The zero-order chi connectivity index (χ0) is 16.1. The van der Waals surface area contributed by atoms with Gasteiger partial charge < -0.3 is 10.6 Å². The van der Waals surface area contributed by atoms with Gasteiger partial charge >= 0.3 is 0 Å². The molecule has 0 spiro atoms. The Morgan fingerprint density at radius 2 is 1.91 bits per heavy atom. The summed E-state index contributed by atoms with van der Waals surface area (Å²) in [6.07, 6.45) is 2.66. The molecule has 2 N–H and O–H groups in total. The number of carbonyl (C=O) groups is 2. The molecule has 116 valence electrons. The van der Waals surface area contributed by atoms with Crippen LogP contribution >= 0.6 is 0 Å². The zero-order valence-corrected chi connectivity index (χ0v) is 13.0. The van der Waals surface area contributed by atoms with Crippen molar-refractivity contribution < 1.29 is 9.59 Å². The van der Waals surface area contributed by atoms with Crippen molar-refractivity contribution in [3.63, 3.8) is 0 Å². The molecule has 0 aliphatic heterocycles. The van der Waals surface area contributed by atoms with E-state index in [0.717, 1.165) is 17.8 Å². The highest BCUT2D eigenvalue weighted by atomic mass is 16.2. The standard InChI is InChI=1S/C16H20N4O2/c1-4-9-17-16(22)13-5-7-14(8-6-13)20-10-15(11(2)19-20)18-12(3)21/h5-8,10H,4,9H2,1-3H3,(H,17,22)(H,18,21). The first-order valence-corrected chi connectivity index (χ1v) is 7.23. The molecular weight excluding hydrogens is 280 g/mol. The maximum Gasteiger partial charge on any atom is 0.251 e. The minimum atomic E-state index is -0.134. The SMILES string of the molecule is CCCNC(=O)c1ccc(-n2cc(NC(C)=O)c(C)n2)cc1. The van der Waals surface area contributed by atoms with Gasteiger partial charge in [-0.15, -0.1) is 0 Å². The number of benzene rings is 1. The lowest BCUT2D eigenvalue weighted by Crippen LogP contribution is -2.23. The topological polar surface area (TPSA) is 76.0 Å². The van der Waals surface area contributed by atoms with Crippen LogP contribution < -0.4 is 10.6 Å². The van der Waals surface area contributed by atoms with E-state index in [0.29, 0.717) is 17.8 Å². The summed E-state index contributed by atoms with van der Waals surface area (Å²) in [6, 6.07) is 7.17. The molecule has 0 bridgehead atoms. The van der Waals surface area contributed by atoms with Gasteiger partial charge in [0.2, 0.25) is 5.91 Å². The summed E-state index contributed by atoms with van der Waals surface area (Å²) >= 11 is 0. The molecule has 1 aromatic carbocycles. The van der Waals surface area contributed by atoms with Gasteiger partial charge in [-0.2, -0.15) is 5.10 Å². The predicted molar refractivity (Wildman–Crippen MR) is 85.2 cm³/mol. The van der Waals surface area contributed by atoms with Gasteiger partial charge in [0, 0.05) is 19.0 Å². The van der Waals surface area contributed by atoms with Crippen LogP contribution in [0.3, 0.4) is 0 Å². The summed E-state index contributed by atoms with van der Waals surface area (Å²) in [5, 5.41) is 9.92. The molecule has 22 heavy (non-hydrogen) atoms. The summed E-state index contributed by atoms with van der Waals surface area (Å²) in [5.74, 6) is -0.213. The lowest BCUT2D eigenvalue weighted by molar-refractivity contribution is -0.114. The fraction of sp³-hybridized carbons (Fsp3) is 0.312. The summed E-state index contributed by atoms with van der Waals surface area (Å²) in [4.78, 5) is 23.0. The van der Waals surface area contributed by atoms with E-state index < -0.39 is 0 Å². The Balaban J connectivity index is 2.16. The molecule has 1 aromatic heterocycles. The van der Waals surface area contributed by atoms with Crippen LogP contribution in [0.2, 0.25) is 0 Å². The largest absolute Gasteiger partial charge is 0.352 e. The summed E-state index contributed by atoms with van der Waals surface area (Å²) in [7, 11) is 0. The first-order chi connectivity index (χ1) is 10.5. The van der Waals surface area contributed by atoms with E-state index in [1.807, 2.05) is 26.0 Å². The monoisotopic (exact) mass is 300 g/mol. The summed E-state index contributed by atoms with van der Waals surface area (Å²) in [5.41, 5.74) is 2.85. The maximum atomic E-state index is 11.8. The first kappa shape index (κ1) is 15.8. The lowest BCUT2D eigenvalue weighted by Gasteiger charge is -2.05. The van der Waals surface area contributed by atoms with Gasteiger partial charge in [-0.05, 0) is 37.6 Å². The summed E-state index contributed by atoms with van der Waals surface area (Å²) < 4.78 is 1.67. The molecule has 0 saturated carbocycles. The van der Waals surface area contributed by atoms with Crippen LogP contribution in [0.15, 0.2) is 30.5 Å². The second-order valence-corrected chi connectivity index (χ2v) is 5.06. The smallest absolute Gasteiger partial charge is 0.251 e. The molecule has 0 aliphatic carbocycles. The molecule has 0 atom stereocenters. The number of aromatic nitrogens is 2. The van der Waals surface area contributed by atoms with Crippen molar-refractivity contribution in [2.24, 2.45) is 0 Å². The molecule has 0 unspecified atom stereocenters. The quantitative estimate of drug-likeness (QED) is 0.889. The minimum Gasteiger partial charge on any atom is -0.352 e. The molecule has 6 nitrogen and oxygen atoms in total. The molecule has 2 amide bonds. The number of aryl methyl sites for hydroxylation is 1. The van der Waals surface area contributed by atoms with Crippen LogP contribution in [0, 0.1) is 6.92 Å². The Hall–Kier alpha value is -2.63. The number of nitrogens with zero attached hydrogens (tertiary/aromatic N) is 2. The molecule has 6 heteroatoms. The second-order valence-electron chi connectivity index (χ2n) is 5.06. The van der Waals surface area contributed by atoms with Gasteiger partial charge in [0.15, 0.2) is 0 Å². The van der Waals surface area contributed by atoms with Crippen LogP contribution in [-0.4, -0.2) is 28.1 Å². The third-order valence-electron chi connectivity index (χ3n) is 3.14. The Morgan fingerprint density at radius 1 is 1.23 bits per heavy atom. The number of hydrogen-bond acceptors (Lipinski definition) is 3. The number of hydrogen-bond donors (Lipinski definition) is 2. The highest BCUT2D eigenvalue weighted by molar-refractivity contribution is 5.94. The van der Waals surface area contributed by atoms with Gasteiger partial charge in [-0.1, -0.05) is 6.92 Å². The Bertz CT molecular complexity index is 674. The number of rotatable bonds is 5. The van der Waals surface area contributed by atoms with Gasteiger partial charge in [0.05, 0.1) is 23.3 Å². The number of anilines is 1. The summed E-state index contributed by atoms with van der Waals surface area (Å²) in [6.45, 7) is 5.96. The van der Waals surface area contributed by atoms with Crippen molar-refractivity contribution in [1.82, 2.24) is 15.1 Å². The molecule has 1 heterocycles. The van der Waals surface area contributed by atoms with E-state index in [-0.39, 0.29) is 11.8 Å². The Kier molecular flexibility index (Phi) is 4.93. The number of carbonyl (C=O) groups excluding carboxylic acids is 2. The van der Waals surface area contributed by atoms with E-state index in [9.17, 15) is 9.59 Å². The third-order valence-corrected chi connectivity index (χ3v) is 3.14. The van der Waals surface area contributed by atoms with Gasteiger partial charge in [0.1, 0.15) is 0 Å². The van der Waals surface area contributed by atoms with Crippen molar-refractivity contribution in [1.29, 1.82) is 0 Å². The van der Waals surface area contributed by atoms with Crippen molar-refractivity contribution in [2.45, 2.75) is 27.2 Å². The highest BCUT2D eigenvalue weighted by Gasteiger charge is 2.09. The number of nitrogens with one attached hydrogen (secondary N) is 2. The maximum absolute atomic E-state index is 11.8. The molecule has 0 radical (unpaired) electrons. The molecule has 2 rings (SSSR count). The average Bonchev–Trinajstić information content (AvgIpc) is 2.85.